The summed E-state index contributed by atoms with van der Waals surface area (Å²) in [5.41, 5.74) is -0.284. The van der Waals surface area contributed by atoms with Crippen molar-refractivity contribution in [2.24, 2.45) is 17.3 Å². The number of hydrogen-bond acceptors (Lipinski definition) is 2. The summed E-state index contributed by atoms with van der Waals surface area (Å²) in [5.74, 6) is 1.77. The third kappa shape index (κ3) is 3.55. The second-order valence-corrected chi connectivity index (χ2v) is 8.01. The van der Waals surface area contributed by atoms with E-state index in [0.29, 0.717) is 6.04 Å². The van der Waals surface area contributed by atoms with Crippen LogP contribution in [0.5, 0.6) is 0 Å². The summed E-state index contributed by atoms with van der Waals surface area (Å²) in [6, 6.07) is 1.10. The zero-order valence-electron chi connectivity index (χ0n) is 13.9. The quantitative estimate of drug-likeness (QED) is 0.862. The van der Waals surface area contributed by atoms with Gasteiger partial charge in [-0.2, -0.15) is 0 Å². The molecule has 1 saturated carbocycles. The second kappa shape index (κ2) is 6.05. The molecule has 1 amide bonds. The standard InChI is InChI=1S/C17H32N2O/c1-6-13-9-14(18-16(20)17(3,4)5)11-19(10-13)15-8-7-12(15)2/h12-15H,6-11H2,1-5H3,(H,18,20). The van der Waals surface area contributed by atoms with Gasteiger partial charge in [-0.15, -0.1) is 0 Å². The minimum absolute atomic E-state index is 0.195. The van der Waals surface area contributed by atoms with Gasteiger partial charge in [0.25, 0.3) is 0 Å². The maximum Gasteiger partial charge on any atom is 0.225 e. The van der Waals surface area contributed by atoms with Crippen LogP contribution in [0.3, 0.4) is 0 Å². The van der Waals surface area contributed by atoms with Gasteiger partial charge >= 0.3 is 0 Å². The Hall–Kier alpha value is -0.570. The summed E-state index contributed by atoms with van der Waals surface area (Å²) in [6.45, 7) is 12.9. The van der Waals surface area contributed by atoms with Crippen LogP contribution in [-0.4, -0.2) is 36.0 Å². The molecule has 3 nitrogen and oxygen atoms in total. The Balaban J connectivity index is 1.96. The van der Waals surface area contributed by atoms with Crippen molar-refractivity contribution in [1.82, 2.24) is 10.2 Å². The maximum absolute atomic E-state index is 12.2. The van der Waals surface area contributed by atoms with Crippen molar-refractivity contribution in [2.75, 3.05) is 13.1 Å². The molecule has 1 aliphatic carbocycles. The lowest BCUT2D eigenvalue weighted by molar-refractivity contribution is -0.130. The van der Waals surface area contributed by atoms with E-state index in [-0.39, 0.29) is 11.3 Å². The van der Waals surface area contributed by atoms with Gasteiger partial charge < -0.3 is 5.32 Å². The molecule has 4 unspecified atom stereocenters. The van der Waals surface area contributed by atoms with Gasteiger partial charge in [0, 0.05) is 30.6 Å². The molecule has 4 atom stereocenters. The van der Waals surface area contributed by atoms with Gasteiger partial charge in [0.05, 0.1) is 0 Å². The molecule has 1 heterocycles. The molecule has 3 heteroatoms. The molecule has 2 fully saturated rings. The average Bonchev–Trinajstić information content (AvgIpc) is 2.35. The largest absolute Gasteiger partial charge is 0.352 e. The summed E-state index contributed by atoms with van der Waals surface area (Å²) < 4.78 is 0. The molecule has 0 aromatic rings. The molecular formula is C17H32N2O. The Bertz CT molecular complexity index is 347. The number of rotatable bonds is 3. The Kier molecular flexibility index (Phi) is 4.78. The predicted molar refractivity (Wildman–Crippen MR) is 83.5 cm³/mol. The van der Waals surface area contributed by atoms with Gasteiger partial charge in [-0.05, 0) is 31.1 Å². The zero-order valence-corrected chi connectivity index (χ0v) is 13.9. The average molecular weight is 280 g/mol. The SMILES string of the molecule is CCC1CC(NC(=O)C(C)(C)C)CN(C2CCC2C)C1. The lowest BCUT2D eigenvalue weighted by Crippen LogP contribution is -2.58. The maximum atomic E-state index is 12.2. The van der Waals surface area contributed by atoms with Gasteiger partial charge in [-0.25, -0.2) is 0 Å². The molecule has 116 valence electrons. The van der Waals surface area contributed by atoms with Crippen molar-refractivity contribution in [3.8, 4) is 0 Å². The van der Waals surface area contributed by atoms with E-state index < -0.39 is 0 Å². The van der Waals surface area contributed by atoms with E-state index in [4.69, 9.17) is 0 Å². The van der Waals surface area contributed by atoms with Crippen LogP contribution in [0.4, 0.5) is 0 Å². The highest BCUT2D eigenvalue weighted by atomic mass is 16.2. The number of likely N-dealkylation sites (tertiary alicyclic amines) is 1. The van der Waals surface area contributed by atoms with Crippen LogP contribution in [0.1, 0.15) is 60.3 Å². The highest BCUT2D eigenvalue weighted by Gasteiger charge is 2.38. The number of piperidine rings is 1. The third-order valence-electron chi connectivity index (χ3n) is 5.20. The van der Waals surface area contributed by atoms with E-state index in [1.165, 1.54) is 25.8 Å². The summed E-state index contributed by atoms with van der Waals surface area (Å²) in [6.07, 6.45) is 5.09. The smallest absolute Gasteiger partial charge is 0.225 e. The summed E-state index contributed by atoms with van der Waals surface area (Å²) in [7, 11) is 0. The van der Waals surface area contributed by atoms with Crippen molar-refractivity contribution in [2.45, 2.75) is 72.4 Å². The molecule has 2 rings (SSSR count). The minimum Gasteiger partial charge on any atom is -0.352 e. The zero-order chi connectivity index (χ0) is 14.9. The number of carbonyl (C=O) groups excluding carboxylic acids is 1. The number of nitrogens with one attached hydrogen (secondary N) is 1. The topological polar surface area (TPSA) is 32.3 Å². The van der Waals surface area contributed by atoms with Crippen molar-refractivity contribution in [3.05, 3.63) is 0 Å². The van der Waals surface area contributed by atoms with Crippen molar-refractivity contribution in [1.29, 1.82) is 0 Å². The molecule has 0 radical (unpaired) electrons. The molecule has 1 saturated heterocycles. The number of nitrogens with zero attached hydrogens (tertiary/aromatic N) is 1. The van der Waals surface area contributed by atoms with E-state index in [1.807, 2.05) is 20.8 Å². The first-order valence-corrected chi connectivity index (χ1v) is 8.36. The Morgan fingerprint density at radius 3 is 2.40 bits per heavy atom. The molecule has 1 aliphatic heterocycles. The van der Waals surface area contributed by atoms with Crippen LogP contribution < -0.4 is 5.32 Å². The normalized spacial score (nSPS) is 35.5. The van der Waals surface area contributed by atoms with Crippen LogP contribution in [-0.2, 0) is 4.79 Å². The Morgan fingerprint density at radius 2 is 1.95 bits per heavy atom. The first kappa shape index (κ1) is 15.8. The lowest BCUT2D eigenvalue weighted by atomic mass is 9.78. The molecule has 0 spiro atoms. The molecule has 1 N–H and O–H groups in total. The monoisotopic (exact) mass is 280 g/mol. The van der Waals surface area contributed by atoms with E-state index in [9.17, 15) is 4.79 Å². The van der Waals surface area contributed by atoms with Crippen molar-refractivity contribution >= 4 is 5.91 Å². The molecule has 0 bridgehead atoms. The number of amides is 1. The van der Waals surface area contributed by atoms with Crippen LogP contribution in [0.25, 0.3) is 0 Å². The van der Waals surface area contributed by atoms with Crippen LogP contribution in [0.2, 0.25) is 0 Å². The van der Waals surface area contributed by atoms with Crippen LogP contribution in [0.15, 0.2) is 0 Å². The molecule has 0 aromatic heterocycles. The number of carbonyl (C=O) groups is 1. The summed E-state index contributed by atoms with van der Waals surface area (Å²) in [4.78, 5) is 14.9. The first-order valence-electron chi connectivity index (χ1n) is 8.36. The molecule has 2 aliphatic rings. The van der Waals surface area contributed by atoms with Crippen molar-refractivity contribution < 1.29 is 4.79 Å². The fraction of sp³-hybridized carbons (Fsp3) is 0.941. The summed E-state index contributed by atoms with van der Waals surface area (Å²) in [5, 5.41) is 3.29. The molecular weight excluding hydrogens is 248 g/mol. The fourth-order valence-corrected chi connectivity index (χ4v) is 3.51. The van der Waals surface area contributed by atoms with Crippen LogP contribution >= 0.6 is 0 Å². The third-order valence-corrected chi connectivity index (χ3v) is 5.20. The Morgan fingerprint density at radius 1 is 1.25 bits per heavy atom. The predicted octanol–water partition coefficient (Wildman–Crippen LogP) is 3.05. The number of hydrogen-bond donors (Lipinski definition) is 1. The van der Waals surface area contributed by atoms with Crippen LogP contribution in [0, 0.1) is 17.3 Å². The fourth-order valence-electron chi connectivity index (χ4n) is 3.51. The second-order valence-electron chi connectivity index (χ2n) is 8.01. The molecule has 20 heavy (non-hydrogen) atoms. The summed E-state index contributed by atoms with van der Waals surface area (Å²) >= 11 is 0. The highest BCUT2D eigenvalue weighted by molar-refractivity contribution is 5.81. The van der Waals surface area contributed by atoms with Gasteiger partial charge in [0.15, 0.2) is 0 Å². The van der Waals surface area contributed by atoms with Crippen molar-refractivity contribution in [3.63, 3.8) is 0 Å². The van der Waals surface area contributed by atoms with Gasteiger partial charge in [0.2, 0.25) is 5.91 Å². The molecule has 0 aromatic carbocycles. The van der Waals surface area contributed by atoms with E-state index in [0.717, 1.165) is 30.8 Å². The first-order chi connectivity index (χ1) is 9.31. The lowest BCUT2D eigenvalue weighted by Gasteiger charge is -2.48. The van der Waals surface area contributed by atoms with Gasteiger partial charge in [-0.1, -0.05) is 41.0 Å². The van der Waals surface area contributed by atoms with Gasteiger partial charge in [-0.3, -0.25) is 9.69 Å². The van der Waals surface area contributed by atoms with E-state index in [2.05, 4.69) is 24.1 Å². The van der Waals surface area contributed by atoms with Gasteiger partial charge in [0.1, 0.15) is 0 Å². The van der Waals surface area contributed by atoms with E-state index in [1.54, 1.807) is 0 Å². The minimum atomic E-state index is -0.284. The Labute approximate surface area is 124 Å². The van der Waals surface area contributed by atoms with E-state index >= 15 is 0 Å². The highest BCUT2D eigenvalue weighted by Crippen LogP contribution is 2.34.